The molecule has 0 spiro atoms. The SMILES string of the molecule is CC(C)NC(=O)c1ccc(N2CCCCCC2)c([N+](=O)[O-])c1. The summed E-state index contributed by atoms with van der Waals surface area (Å²) in [7, 11) is 0. The topological polar surface area (TPSA) is 75.5 Å². The Hall–Kier alpha value is -2.11. The summed E-state index contributed by atoms with van der Waals surface area (Å²) in [6.07, 6.45) is 4.43. The van der Waals surface area contributed by atoms with Gasteiger partial charge < -0.3 is 10.2 Å². The summed E-state index contributed by atoms with van der Waals surface area (Å²) in [5.74, 6) is -0.277. The fourth-order valence-electron chi connectivity index (χ4n) is 2.74. The van der Waals surface area contributed by atoms with E-state index in [1.54, 1.807) is 12.1 Å². The van der Waals surface area contributed by atoms with Crippen LogP contribution >= 0.6 is 0 Å². The highest BCUT2D eigenvalue weighted by Crippen LogP contribution is 2.31. The zero-order chi connectivity index (χ0) is 16.1. The van der Waals surface area contributed by atoms with E-state index in [4.69, 9.17) is 0 Å². The molecule has 6 nitrogen and oxygen atoms in total. The lowest BCUT2D eigenvalue weighted by atomic mass is 10.1. The molecule has 0 radical (unpaired) electrons. The van der Waals surface area contributed by atoms with Crippen LogP contribution in [0.4, 0.5) is 11.4 Å². The van der Waals surface area contributed by atoms with Crippen molar-refractivity contribution in [1.29, 1.82) is 0 Å². The average molecular weight is 305 g/mol. The third-order valence-corrected chi connectivity index (χ3v) is 3.80. The molecule has 1 N–H and O–H groups in total. The predicted octanol–water partition coefficient (Wildman–Crippen LogP) is 3.11. The number of hydrogen-bond donors (Lipinski definition) is 1. The monoisotopic (exact) mass is 305 g/mol. The van der Waals surface area contributed by atoms with E-state index >= 15 is 0 Å². The molecule has 6 heteroatoms. The van der Waals surface area contributed by atoms with Crippen LogP contribution in [0, 0.1) is 10.1 Å². The summed E-state index contributed by atoms with van der Waals surface area (Å²) in [5, 5.41) is 14.2. The van der Waals surface area contributed by atoms with Crippen molar-refractivity contribution in [2.45, 2.75) is 45.6 Å². The first-order chi connectivity index (χ1) is 10.5. The predicted molar refractivity (Wildman–Crippen MR) is 86.4 cm³/mol. The fourth-order valence-corrected chi connectivity index (χ4v) is 2.74. The summed E-state index contributed by atoms with van der Waals surface area (Å²) < 4.78 is 0. The van der Waals surface area contributed by atoms with Crippen LogP contribution in [0.15, 0.2) is 18.2 Å². The number of nitrogens with zero attached hydrogens (tertiary/aromatic N) is 2. The Morgan fingerprint density at radius 2 is 1.86 bits per heavy atom. The van der Waals surface area contributed by atoms with Crippen molar-refractivity contribution in [2.75, 3.05) is 18.0 Å². The van der Waals surface area contributed by atoms with E-state index in [0.29, 0.717) is 11.3 Å². The van der Waals surface area contributed by atoms with Crippen LogP contribution in [0.5, 0.6) is 0 Å². The number of rotatable bonds is 4. The van der Waals surface area contributed by atoms with Crippen LogP contribution in [0.1, 0.15) is 49.9 Å². The lowest BCUT2D eigenvalue weighted by Crippen LogP contribution is -2.30. The molecule has 0 aliphatic carbocycles. The normalized spacial score (nSPS) is 15.5. The summed E-state index contributed by atoms with van der Waals surface area (Å²) in [6.45, 7) is 5.38. The maximum atomic E-state index is 12.0. The first-order valence-corrected chi connectivity index (χ1v) is 7.83. The lowest BCUT2D eigenvalue weighted by Gasteiger charge is -2.22. The molecule has 1 aromatic rings. The molecule has 0 unspecified atom stereocenters. The molecule has 2 rings (SSSR count). The second-order valence-electron chi connectivity index (χ2n) is 5.99. The molecule has 1 heterocycles. The number of amides is 1. The quantitative estimate of drug-likeness (QED) is 0.685. The van der Waals surface area contributed by atoms with E-state index in [0.717, 1.165) is 25.9 Å². The van der Waals surface area contributed by atoms with Gasteiger partial charge in [-0.1, -0.05) is 12.8 Å². The molecule has 1 aliphatic rings. The number of carbonyl (C=O) groups excluding carboxylic acids is 1. The van der Waals surface area contributed by atoms with Gasteiger partial charge >= 0.3 is 0 Å². The van der Waals surface area contributed by atoms with Gasteiger partial charge in [-0.15, -0.1) is 0 Å². The van der Waals surface area contributed by atoms with Crippen LogP contribution in [-0.4, -0.2) is 30.0 Å². The maximum Gasteiger partial charge on any atom is 0.293 e. The second kappa shape index (κ2) is 7.24. The van der Waals surface area contributed by atoms with Gasteiger partial charge in [0.15, 0.2) is 0 Å². The van der Waals surface area contributed by atoms with Gasteiger partial charge in [-0.25, -0.2) is 0 Å². The molecule has 1 aliphatic heterocycles. The highest BCUT2D eigenvalue weighted by atomic mass is 16.6. The minimum atomic E-state index is -0.396. The van der Waals surface area contributed by atoms with Crippen LogP contribution in [0.2, 0.25) is 0 Å². The molecule has 0 bridgehead atoms. The molecule has 22 heavy (non-hydrogen) atoms. The molecule has 0 aromatic heterocycles. The highest BCUT2D eigenvalue weighted by Gasteiger charge is 2.22. The first kappa shape index (κ1) is 16.3. The number of anilines is 1. The minimum Gasteiger partial charge on any atom is -0.366 e. The van der Waals surface area contributed by atoms with E-state index in [-0.39, 0.29) is 17.6 Å². The Kier molecular flexibility index (Phi) is 5.35. The number of benzene rings is 1. The fraction of sp³-hybridized carbons (Fsp3) is 0.562. The molecular weight excluding hydrogens is 282 g/mol. The van der Waals surface area contributed by atoms with Crippen molar-refractivity contribution in [3.8, 4) is 0 Å². The van der Waals surface area contributed by atoms with E-state index in [1.807, 2.05) is 13.8 Å². The van der Waals surface area contributed by atoms with Gasteiger partial charge in [0.2, 0.25) is 0 Å². The van der Waals surface area contributed by atoms with Gasteiger partial charge in [-0.2, -0.15) is 0 Å². The first-order valence-electron chi connectivity index (χ1n) is 7.83. The van der Waals surface area contributed by atoms with Crippen molar-refractivity contribution in [3.63, 3.8) is 0 Å². The number of nitro groups is 1. The van der Waals surface area contributed by atoms with Crippen LogP contribution in [-0.2, 0) is 0 Å². The van der Waals surface area contributed by atoms with Gasteiger partial charge in [0.25, 0.3) is 11.6 Å². The smallest absolute Gasteiger partial charge is 0.293 e. The largest absolute Gasteiger partial charge is 0.366 e. The Balaban J connectivity index is 2.30. The Bertz CT molecular complexity index is 550. The third kappa shape index (κ3) is 3.96. The molecule has 0 saturated carbocycles. The molecule has 1 aromatic carbocycles. The van der Waals surface area contributed by atoms with Crippen LogP contribution in [0.25, 0.3) is 0 Å². The summed E-state index contributed by atoms with van der Waals surface area (Å²) in [6, 6.07) is 4.76. The lowest BCUT2D eigenvalue weighted by molar-refractivity contribution is -0.384. The van der Waals surface area contributed by atoms with Crippen molar-refractivity contribution < 1.29 is 9.72 Å². The summed E-state index contributed by atoms with van der Waals surface area (Å²) in [5.41, 5.74) is 0.963. The molecule has 120 valence electrons. The molecular formula is C16H23N3O3. The van der Waals surface area contributed by atoms with Crippen molar-refractivity contribution in [1.82, 2.24) is 5.32 Å². The van der Waals surface area contributed by atoms with Gasteiger partial charge in [-0.3, -0.25) is 14.9 Å². The van der Waals surface area contributed by atoms with Crippen molar-refractivity contribution in [2.24, 2.45) is 0 Å². The van der Waals surface area contributed by atoms with Crippen LogP contribution < -0.4 is 10.2 Å². The molecule has 1 amide bonds. The standard InChI is InChI=1S/C16H23N3O3/c1-12(2)17-16(20)13-7-8-14(15(11-13)19(21)22)18-9-5-3-4-6-10-18/h7-8,11-12H,3-6,9-10H2,1-2H3,(H,17,20). The van der Waals surface area contributed by atoms with Crippen molar-refractivity contribution >= 4 is 17.3 Å². The Labute approximate surface area is 130 Å². The number of nitro benzene ring substituents is 1. The van der Waals surface area contributed by atoms with Gasteiger partial charge in [-0.05, 0) is 38.8 Å². The number of carbonyl (C=O) groups is 1. The van der Waals surface area contributed by atoms with Gasteiger partial charge in [0.1, 0.15) is 5.69 Å². The van der Waals surface area contributed by atoms with Gasteiger partial charge in [0, 0.05) is 30.8 Å². The molecule has 1 fully saturated rings. The molecule has 0 atom stereocenters. The highest BCUT2D eigenvalue weighted by molar-refractivity contribution is 5.95. The Morgan fingerprint density at radius 3 is 2.41 bits per heavy atom. The maximum absolute atomic E-state index is 12.0. The number of nitrogens with one attached hydrogen (secondary N) is 1. The van der Waals surface area contributed by atoms with E-state index in [2.05, 4.69) is 10.2 Å². The summed E-state index contributed by atoms with van der Waals surface area (Å²) >= 11 is 0. The van der Waals surface area contributed by atoms with Crippen LogP contribution in [0.3, 0.4) is 0 Å². The Morgan fingerprint density at radius 1 is 1.23 bits per heavy atom. The zero-order valence-corrected chi connectivity index (χ0v) is 13.2. The van der Waals surface area contributed by atoms with E-state index in [9.17, 15) is 14.9 Å². The number of hydrogen-bond acceptors (Lipinski definition) is 4. The van der Waals surface area contributed by atoms with Gasteiger partial charge in [0.05, 0.1) is 4.92 Å². The van der Waals surface area contributed by atoms with E-state index in [1.165, 1.54) is 18.9 Å². The third-order valence-electron chi connectivity index (χ3n) is 3.80. The van der Waals surface area contributed by atoms with E-state index < -0.39 is 4.92 Å². The average Bonchev–Trinajstić information content (AvgIpc) is 2.74. The minimum absolute atomic E-state index is 0.00293. The summed E-state index contributed by atoms with van der Waals surface area (Å²) in [4.78, 5) is 25.1. The zero-order valence-electron chi connectivity index (χ0n) is 13.2. The molecule has 1 saturated heterocycles. The second-order valence-corrected chi connectivity index (χ2v) is 5.99. The van der Waals surface area contributed by atoms with Crippen molar-refractivity contribution in [3.05, 3.63) is 33.9 Å².